The number of allylic oxidation sites excluding steroid dienone is 5. The van der Waals surface area contributed by atoms with Crippen LogP contribution in [0.5, 0.6) is 0 Å². The van der Waals surface area contributed by atoms with Crippen molar-refractivity contribution in [3.05, 3.63) is 36.5 Å². The monoisotopic (exact) mass is 214 g/mol. The van der Waals surface area contributed by atoms with E-state index in [4.69, 9.17) is 9.79 Å². The van der Waals surface area contributed by atoms with E-state index in [1.165, 1.54) is 6.08 Å². The van der Waals surface area contributed by atoms with Crippen LogP contribution in [0.2, 0.25) is 0 Å². The average Bonchev–Trinajstić information content (AvgIpc) is 2.07. The number of ketones is 1. The molecule has 0 spiro atoms. The van der Waals surface area contributed by atoms with Gasteiger partial charge in [0.2, 0.25) is 0 Å². The van der Waals surface area contributed by atoms with Gasteiger partial charge in [0.15, 0.2) is 5.78 Å². The third kappa shape index (κ3) is 2.29. The van der Waals surface area contributed by atoms with Crippen LogP contribution in [0, 0.1) is 0 Å². The third-order valence-electron chi connectivity index (χ3n) is 1.94. The van der Waals surface area contributed by atoms with Gasteiger partial charge >= 0.3 is 7.60 Å². The summed E-state index contributed by atoms with van der Waals surface area (Å²) in [6, 6.07) is 0. The zero-order valence-electron chi connectivity index (χ0n) is 7.46. The summed E-state index contributed by atoms with van der Waals surface area (Å²) < 4.78 is 11.0. The van der Waals surface area contributed by atoms with Crippen molar-refractivity contribution >= 4 is 13.4 Å². The van der Waals surface area contributed by atoms with E-state index in [0.29, 0.717) is 0 Å². The van der Waals surface area contributed by atoms with E-state index in [1.807, 2.05) is 0 Å². The quantitative estimate of drug-likeness (QED) is 0.546. The minimum absolute atomic E-state index is 0.135. The summed E-state index contributed by atoms with van der Waals surface area (Å²) in [5.41, 5.74) is -1.05. The molecule has 1 rings (SSSR count). The second-order valence-electron chi connectivity index (χ2n) is 2.95. The van der Waals surface area contributed by atoms with Crippen molar-refractivity contribution in [3.8, 4) is 0 Å². The fourth-order valence-electron chi connectivity index (χ4n) is 1.27. The van der Waals surface area contributed by atoms with Crippen LogP contribution in [-0.4, -0.2) is 21.2 Å². The Morgan fingerprint density at radius 3 is 2.64 bits per heavy atom. The van der Waals surface area contributed by atoms with Crippen LogP contribution in [0.4, 0.5) is 0 Å². The Morgan fingerprint density at radius 1 is 1.57 bits per heavy atom. The minimum atomic E-state index is -4.32. The number of hydrogen-bond donors (Lipinski definition) is 2. The first kappa shape index (κ1) is 11.1. The van der Waals surface area contributed by atoms with Crippen molar-refractivity contribution in [1.29, 1.82) is 0 Å². The van der Waals surface area contributed by atoms with E-state index < -0.39 is 13.3 Å². The van der Waals surface area contributed by atoms with Gasteiger partial charge in [-0.1, -0.05) is 24.3 Å². The van der Waals surface area contributed by atoms with Crippen LogP contribution in [0.1, 0.15) is 6.42 Å². The van der Waals surface area contributed by atoms with E-state index >= 15 is 0 Å². The van der Waals surface area contributed by atoms with E-state index in [9.17, 15) is 9.36 Å². The molecule has 0 amide bonds. The molecular formula is C9H11O4P. The Morgan fingerprint density at radius 2 is 2.21 bits per heavy atom. The largest absolute Gasteiger partial charge is 0.336 e. The molecule has 76 valence electrons. The van der Waals surface area contributed by atoms with E-state index in [-0.39, 0.29) is 17.8 Å². The van der Waals surface area contributed by atoms with Crippen molar-refractivity contribution in [3.63, 3.8) is 0 Å². The molecule has 0 bridgehead atoms. The van der Waals surface area contributed by atoms with Crippen LogP contribution >= 0.6 is 7.60 Å². The molecule has 1 aliphatic rings. The van der Waals surface area contributed by atoms with Gasteiger partial charge in [-0.15, -0.1) is 6.58 Å². The second-order valence-corrected chi connectivity index (χ2v) is 4.68. The lowest BCUT2D eigenvalue weighted by Gasteiger charge is -2.17. The number of hydrogen-bond acceptors (Lipinski definition) is 2. The fraction of sp³-hybridized carbons (Fsp3) is 0.222. The molecule has 14 heavy (non-hydrogen) atoms. The van der Waals surface area contributed by atoms with Gasteiger partial charge in [-0.2, -0.15) is 0 Å². The van der Waals surface area contributed by atoms with Crippen molar-refractivity contribution in [1.82, 2.24) is 0 Å². The zero-order chi connectivity index (χ0) is 10.8. The normalized spacial score (nSPS) is 19.0. The highest BCUT2D eigenvalue weighted by atomic mass is 31.2. The van der Waals surface area contributed by atoms with Crippen molar-refractivity contribution < 1.29 is 19.1 Å². The minimum Gasteiger partial charge on any atom is -0.324 e. The van der Waals surface area contributed by atoms with E-state index in [1.54, 1.807) is 12.2 Å². The summed E-state index contributed by atoms with van der Waals surface area (Å²) in [7, 11) is -4.32. The molecule has 0 aliphatic heterocycles. The standard InChI is InChI=1S/C9H11O4P/c1-2-9(14(11,12)13)7-5-3-4-6-8(7)10/h2-5,9H,1,6H2,(H2,11,12,13). The van der Waals surface area contributed by atoms with Gasteiger partial charge in [0, 0.05) is 12.0 Å². The van der Waals surface area contributed by atoms with Gasteiger partial charge in [-0.05, 0) is 0 Å². The van der Waals surface area contributed by atoms with Crippen LogP contribution in [0.25, 0.3) is 0 Å². The Hall–Kier alpha value is -0.960. The molecule has 4 nitrogen and oxygen atoms in total. The zero-order valence-corrected chi connectivity index (χ0v) is 8.35. The fourth-order valence-corrected chi connectivity index (χ4v) is 2.13. The van der Waals surface area contributed by atoms with Gasteiger partial charge in [-0.3, -0.25) is 9.36 Å². The number of rotatable bonds is 3. The van der Waals surface area contributed by atoms with Gasteiger partial charge in [-0.25, -0.2) is 0 Å². The summed E-state index contributed by atoms with van der Waals surface area (Å²) in [5, 5.41) is 0. The molecular weight excluding hydrogens is 203 g/mol. The molecule has 0 aromatic rings. The van der Waals surface area contributed by atoms with Gasteiger partial charge in [0.25, 0.3) is 0 Å². The SMILES string of the molecule is C=CC(C1=CC=CCC1=O)P(=O)(O)O. The van der Waals surface area contributed by atoms with Crippen LogP contribution in [0.15, 0.2) is 36.5 Å². The molecule has 0 aromatic heterocycles. The van der Waals surface area contributed by atoms with Crippen LogP contribution < -0.4 is 0 Å². The number of Topliss-reactive ketones (excluding diaryl/α,β-unsaturated/α-hetero) is 1. The molecule has 5 heteroatoms. The second kappa shape index (κ2) is 4.05. The molecule has 2 N–H and O–H groups in total. The molecule has 0 saturated heterocycles. The smallest absolute Gasteiger partial charge is 0.324 e. The number of carbonyl (C=O) groups excluding carboxylic acids is 1. The highest BCUT2D eigenvalue weighted by Crippen LogP contribution is 2.46. The number of carbonyl (C=O) groups is 1. The third-order valence-corrected chi connectivity index (χ3v) is 3.16. The highest BCUT2D eigenvalue weighted by Gasteiger charge is 2.32. The first-order valence-electron chi connectivity index (χ1n) is 4.04. The molecule has 0 aromatic carbocycles. The average molecular weight is 214 g/mol. The van der Waals surface area contributed by atoms with E-state index in [2.05, 4.69) is 6.58 Å². The predicted octanol–water partition coefficient (Wildman–Crippen LogP) is 1.17. The maximum Gasteiger partial charge on any atom is 0.336 e. The van der Waals surface area contributed by atoms with Crippen molar-refractivity contribution in [2.45, 2.75) is 12.1 Å². The van der Waals surface area contributed by atoms with E-state index in [0.717, 1.165) is 6.08 Å². The first-order valence-corrected chi connectivity index (χ1v) is 5.72. The maximum absolute atomic E-state index is 11.3. The molecule has 1 aliphatic carbocycles. The molecule has 0 fully saturated rings. The lowest BCUT2D eigenvalue weighted by molar-refractivity contribution is -0.115. The lowest BCUT2D eigenvalue weighted by Crippen LogP contribution is -2.17. The van der Waals surface area contributed by atoms with Crippen LogP contribution in [0.3, 0.4) is 0 Å². The first-order chi connectivity index (χ1) is 6.46. The van der Waals surface area contributed by atoms with Crippen molar-refractivity contribution in [2.24, 2.45) is 0 Å². The highest BCUT2D eigenvalue weighted by molar-refractivity contribution is 7.53. The summed E-state index contributed by atoms with van der Waals surface area (Å²) in [5.74, 6) is -0.263. The molecule has 0 heterocycles. The molecule has 1 atom stereocenters. The summed E-state index contributed by atoms with van der Waals surface area (Å²) in [6.45, 7) is 3.33. The van der Waals surface area contributed by atoms with Gasteiger partial charge in [0.05, 0.1) is 0 Å². The van der Waals surface area contributed by atoms with Crippen molar-refractivity contribution in [2.75, 3.05) is 0 Å². The molecule has 1 unspecified atom stereocenters. The molecule has 0 radical (unpaired) electrons. The Balaban J connectivity index is 3.07. The van der Waals surface area contributed by atoms with Crippen LogP contribution in [-0.2, 0) is 9.36 Å². The predicted molar refractivity (Wildman–Crippen MR) is 52.9 cm³/mol. The molecule has 0 saturated carbocycles. The summed E-state index contributed by atoms with van der Waals surface area (Å²) in [4.78, 5) is 29.3. The summed E-state index contributed by atoms with van der Waals surface area (Å²) >= 11 is 0. The summed E-state index contributed by atoms with van der Waals surface area (Å²) in [6.07, 6.45) is 5.99. The Labute approximate surface area is 81.8 Å². The lowest BCUT2D eigenvalue weighted by atomic mass is 10.0. The maximum atomic E-state index is 11.3. The topological polar surface area (TPSA) is 74.6 Å². The van der Waals surface area contributed by atoms with Gasteiger partial charge < -0.3 is 9.79 Å². The Bertz CT molecular complexity index is 361. The Kier molecular flexibility index (Phi) is 3.21. The van der Waals surface area contributed by atoms with Gasteiger partial charge in [0.1, 0.15) is 5.66 Å².